The van der Waals surface area contributed by atoms with E-state index in [1.54, 1.807) is 17.8 Å². The number of anilines is 1. The van der Waals surface area contributed by atoms with Gasteiger partial charge in [0.2, 0.25) is 0 Å². The quantitative estimate of drug-likeness (QED) is 0.762. The number of allylic oxidation sites excluding steroid dienone is 1. The van der Waals surface area contributed by atoms with Crippen LogP contribution in [0.1, 0.15) is 45.9 Å². The Balaban J connectivity index is 2.53. The van der Waals surface area contributed by atoms with Gasteiger partial charge in [-0.15, -0.1) is 11.8 Å². The van der Waals surface area contributed by atoms with Crippen molar-refractivity contribution in [3.8, 4) is 0 Å². The number of nitrogens with one attached hydrogen (secondary N) is 1. The van der Waals surface area contributed by atoms with Crippen LogP contribution in [0.2, 0.25) is 0 Å². The molecule has 0 amide bonds. The maximum Gasteiger partial charge on any atom is 0.167 e. The van der Waals surface area contributed by atoms with Crippen LogP contribution < -0.4 is 15.9 Å². The fourth-order valence-electron chi connectivity index (χ4n) is 2.43. The summed E-state index contributed by atoms with van der Waals surface area (Å²) in [7, 11) is 0. The molecular weight excluding hydrogens is 330 g/mol. The number of nitrogens with zero attached hydrogens (tertiary/aromatic N) is 4. The fourth-order valence-corrected chi connectivity index (χ4v) is 3.15. The van der Waals surface area contributed by atoms with Gasteiger partial charge in [0.15, 0.2) is 5.50 Å². The highest BCUT2D eigenvalue weighted by atomic mass is 32.2. The summed E-state index contributed by atoms with van der Waals surface area (Å²) in [5.74, 6) is 2.60. The Bertz CT molecular complexity index is 767. The molecule has 0 saturated carbocycles. The molecule has 1 aromatic rings. The average Bonchev–Trinajstić information content (AvgIpc) is 3.10. The summed E-state index contributed by atoms with van der Waals surface area (Å²) in [5, 5.41) is 5.27. The third kappa shape index (κ3) is 5.26. The monoisotopic (exact) mass is 357 g/mol. The number of rotatable bonds is 7. The first-order chi connectivity index (χ1) is 12.1. The zero-order valence-electron chi connectivity index (χ0n) is 15.4. The molecule has 0 spiro atoms. The van der Waals surface area contributed by atoms with Crippen LogP contribution in [0, 0.1) is 0 Å². The Morgan fingerprint density at radius 2 is 2.24 bits per heavy atom. The van der Waals surface area contributed by atoms with E-state index in [0.29, 0.717) is 0 Å². The molecule has 6 heteroatoms. The van der Waals surface area contributed by atoms with Gasteiger partial charge >= 0.3 is 0 Å². The standard InChI is InChI=1S/C19H27N5S/c1-6-9-15-16(8-3)22-17(14(7-2)12-21-13(4)5)23-18(15)24-19-20-10-11-25-19/h6,8-10,12-14,19H,1,7,11H2,2-5H3,(H,22,23,24)/b15-9+,16-8?,21-12?. The number of aliphatic imine (C=N–C) groups is 2. The van der Waals surface area contributed by atoms with Crippen LogP contribution in [0.4, 0.5) is 5.82 Å². The predicted octanol–water partition coefficient (Wildman–Crippen LogP) is 2.73. The van der Waals surface area contributed by atoms with Crippen molar-refractivity contribution in [3.05, 3.63) is 29.0 Å². The number of thioether (sulfide) groups is 1. The molecule has 2 rings (SSSR count). The summed E-state index contributed by atoms with van der Waals surface area (Å²) >= 11 is 1.74. The molecule has 0 bridgehead atoms. The maximum atomic E-state index is 4.81. The van der Waals surface area contributed by atoms with E-state index in [2.05, 4.69) is 42.7 Å². The van der Waals surface area contributed by atoms with E-state index in [0.717, 1.165) is 34.4 Å². The molecule has 134 valence electrons. The van der Waals surface area contributed by atoms with E-state index in [1.165, 1.54) is 0 Å². The van der Waals surface area contributed by atoms with E-state index < -0.39 is 0 Å². The van der Waals surface area contributed by atoms with Gasteiger partial charge in [0.05, 0.1) is 11.3 Å². The Morgan fingerprint density at radius 3 is 2.80 bits per heavy atom. The lowest BCUT2D eigenvalue weighted by Crippen LogP contribution is -2.35. The van der Waals surface area contributed by atoms with E-state index in [1.807, 2.05) is 31.5 Å². The largest absolute Gasteiger partial charge is 0.339 e. The molecule has 0 saturated heterocycles. The summed E-state index contributed by atoms with van der Waals surface area (Å²) in [5.41, 5.74) is -0.00571. The van der Waals surface area contributed by atoms with Crippen LogP contribution in [-0.2, 0) is 0 Å². The Labute approximate surface area is 154 Å². The number of hydrogen-bond donors (Lipinski definition) is 1. The fraction of sp³-hybridized carbons (Fsp3) is 0.474. The molecule has 25 heavy (non-hydrogen) atoms. The van der Waals surface area contributed by atoms with E-state index in [4.69, 9.17) is 9.97 Å². The van der Waals surface area contributed by atoms with Crippen LogP contribution in [0.25, 0.3) is 12.2 Å². The molecule has 2 atom stereocenters. The summed E-state index contributed by atoms with van der Waals surface area (Å²) in [6.45, 7) is 12.1. The third-order valence-corrected chi connectivity index (χ3v) is 4.61. The van der Waals surface area contributed by atoms with E-state index in [-0.39, 0.29) is 17.5 Å². The first-order valence-corrected chi connectivity index (χ1v) is 9.74. The molecule has 2 unspecified atom stereocenters. The molecule has 1 aliphatic heterocycles. The smallest absolute Gasteiger partial charge is 0.167 e. The van der Waals surface area contributed by atoms with Crippen LogP contribution in [0.5, 0.6) is 0 Å². The van der Waals surface area contributed by atoms with Gasteiger partial charge in [-0.1, -0.05) is 25.7 Å². The summed E-state index contributed by atoms with van der Waals surface area (Å²) in [4.78, 5) is 18.5. The third-order valence-electron chi connectivity index (χ3n) is 3.72. The topological polar surface area (TPSA) is 62.5 Å². The summed E-state index contributed by atoms with van der Waals surface area (Å²) in [6.07, 6.45) is 10.5. The van der Waals surface area contributed by atoms with Crippen molar-refractivity contribution in [2.75, 3.05) is 11.1 Å². The second kappa shape index (κ2) is 9.51. The van der Waals surface area contributed by atoms with Gasteiger partial charge in [0.25, 0.3) is 0 Å². The molecule has 0 fully saturated rings. The highest BCUT2D eigenvalue weighted by Crippen LogP contribution is 2.18. The average molecular weight is 358 g/mol. The molecular formula is C19H27N5S. The van der Waals surface area contributed by atoms with Gasteiger partial charge in [0, 0.05) is 29.4 Å². The van der Waals surface area contributed by atoms with Crippen molar-refractivity contribution in [2.45, 2.75) is 51.6 Å². The van der Waals surface area contributed by atoms with Crippen LogP contribution in [0.3, 0.4) is 0 Å². The molecule has 0 radical (unpaired) electrons. The van der Waals surface area contributed by atoms with Gasteiger partial charge in [0.1, 0.15) is 11.6 Å². The Kier molecular flexibility index (Phi) is 7.37. The SMILES string of the molecule is C=C/C=c1/c(NC2N=CCS2)nc(C(C=NC(C)C)CC)nc1=CC. The van der Waals surface area contributed by atoms with Crippen molar-refractivity contribution < 1.29 is 0 Å². The van der Waals surface area contributed by atoms with Crippen LogP contribution in [-0.4, -0.2) is 39.7 Å². The molecule has 1 N–H and O–H groups in total. The number of hydrogen-bond acceptors (Lipinski definition) is 6. The van der Waals surface area contributed by atoms with Crippen molar-refractivity contribution in [3.63, 3.8) is 0 Å². The van der Waals surface area contributed by atoms with Gasteiger partial charge in [-0.05, 0) is 33.3 Å². The zero-order valence-corrected chi connectivity index (χ0v) is 16.3. The number of aromatic nitrogens is 2. The van der Waals surface area contributed by atoms with Gasteiger partial charge in [-0.2, -0.15) is 0 Å². The second-order valence-corrected chi connectivity index (χ2v) is 7.10. The minimum absolute atomic E-state index is 0.00571. The normalized spacial score (nSPS) is 20.0. The highest BCUT2D eigenvalue weighted by molar-refractivity contribution is 8.00. The highest BCUT2D eigenvalue weighted by Gasteiger charge is 2.16. The van der Waals surface area contributed by atoms with Crippen LogP contribution in [0.15, 0.2) is 22.6 Å². The second-order valence-electron chi connectivity index (χ2n) is 5.99. The minimum atomic E-state index is -0.00571. The Hall–Kier alpha value is -1.95. The van der Waals surface area contributed by atoms with E-state index >= 15 is 0 Å². The van der Waals surface area contributed by atoms with Gasteiger partial charge in [-0.3, -0.25) is 9.98 Å². The van der Waals surface area contributed by atoms with Crippen molar-refractivity contribution in [2.24, 2.45) is 9.98 Å². The molecule has 0 aliphatic carbocycles. The van der Waals surface area contributed by atoms with Gasteiger partial charge in [-0.25, -0.2) is 9.97 Å². The lowest BCUT2D eigenvalue weighted by atomic mass is 10.1. The summed E-state index contributed by atoms with van der Waals surface area (Å²) < 4.78 is 0. The Morgan fingerprint density at radius 1 is 1.44 bits per heavy atom. The van der Waals surface area contributed by atoms with Crippen molar-refractivity contribution in [1.82, 2.24) is 9.97 Å². The molecule has 2 heterocycles. The van der Waals surface area contributed by atoms with E-state index in [9.17, 15) is 0 Å². The van der Waals surface area contributed by atoms with Crippen LogP contribution >= 0.6 is 11.8 Å². The zero-order chi connectivity index (χ0) is 18.2. The molecule has 1 aliphatic rings. The lowest BCUT2D eigenvalue weighted by Gasteiger charge is -2.15. The van der Waals surface area contributed by atoms with Crippen molar-refractivity contribution >= 4 is 42.2 Å². The minimum Gasteiger partial charge on any atom is -0.339 e. The first kappa shape index (κ1) is 19.4. The van der Waals surface area contributed by atoms with Crippen molar-refractivity contribution in [1.29, 1.82) is 0 Å². The lowest BCUT2D eigenvalue weighted by molar-refractivity contribution is 0.757. The molecule has 1 aromatic heterocycles. The maximum absolute atomic E-state index is 4.81. The van der Waals surface area contributed by atoms with Gasteiger partial charge < -0.3 is 5.32 Å². The first-order valence-electron chi connectivity index (χ1n) is 8.69. The molecule has 5 nitrogen and oxygen atoms in total. The molecule has 0 aromatic carbocycles. The predicted molar refractivity (Wildman–Crippen MR) is 111 cm³/mol. The summed E-state index contributed by atoms with van der Waals surface area (Å²) in [6, 6.07) is 0.265.